The van der Waals surface area contributed by atoms with E-state index >= 15 is 0 Å². The van der Waals surface area contributed by atoms with Crippen molar-refractivity contribution in [1.29, 1.82) is 0 Å². The zero-order valence-electron chi connectivity index (χ0n) is 12.9. The van der Waals surface area contributed by atoms with Crippen LogP contribution in [0.3, 0.4) is 0 Å². The topological polar surface area (TPSA) is 98.5 Å². The summed E-state index contributed by atoms with van der Waals surface area (Å²) in [7, 11) is 0. The molecule has 1 aromatic heterocycles. The summed E-state index contributed by atoms with van der Waals surface area (Å²) in [6, 6.07) is 8.32. The average molecular weight is 316 g/mol. The van der Waals surface area contributed by atoms with Crippen LogP contribution in [0, 0.1) is 0 Å². The molecule has 120 valence electrons. The Morgan fingerprint density at radius 2 is 1.87 bits per heavy atom. The number of ether oxygens (including phenoxy) is 1. The van der Waals surface area contributed by atoms with Crippen molar-refractivity contribution in [3.05, 3.63) is 58.0 Å². The van der Waals surface area contributed by atoms with E-state index in [-0.39, 0.29) is 16.9 Å². The lowest BCUT2D eigenvalue weighted by Gasteiger charge is -2.19. The summed E-state index contributed by atoms with van der Waals surface area (Å²) in [4.78, 5) is 35.0. The zero-order valence-corrected chi connectivity index (χ0v) is 12.9. The van der Waals surface area contributed by atoms with Gasteiger partial charge in [-0.05, 0) is 45.0 Å². The number of benzene rings is 1. The van der Waals surface area contributed by atoms with Crippen molar-refractivity contribution in [3.63, 3.8) is 0 Å². The molecule has 0 radical (unpaired) electrons. The smallest absolute Gasteiger partial charge is 0.356 e. The molecule has 0 aliphatic rings. The van der Waals surface area contributed by atoms with E-state index < -0.39 is 23.1 Å². The zero-order chi connectivity index (χ0) is 17.2. The fraction of sp³-hybridized carbons (Fsp3) is 0.250. The van der Waals surface area contributed by atoms with E-state index in [1.54, 1.807) is 39.0 Å². The van der Waals surface area contributed by atoms with Gasteiger partial charge in [-0.1, -0.05) is 6.07 Å². The Bertz CT molecular complexity index is 818. The average Bonchev–Trinajstić information content (AvgIpc) is 2.46. The number of carbonyl (C=O) groups excluding carboxylic acids is 1. The molecule has 0 saturated carbocycles. The lowest BCUT2D eigenvalue weighted by Crippen LogP contribution is -2.25. The summed E-state index contributed by atoms with van der Waals surface area (Å²) in [6.07, 6.45) is 0. The molecular formula is C16H16N2O5. The van der Waals surface area contributed by atoms with Crippen LogP contribution in [0.1, 0.15) is 41.6 Å². The Morgan fingerprint density at radius 3 is 2.48 bits per heavy atom. The number of hydrogen-bond donors (Lipinski definition) is 1. The van der Waals surface area contributed by atoms with Crippen molar-refractivity contribution in [2.75, 3.05) is 0 Å². The van der Waals surface area contributed by atoms with Gasteiger partial charge in [0.1, 0.15) is 5.60 Å². The van der Waals surface area contributed by atoms with E-state index in [0.29, 0.717) is 0 Å². The molecule has 2 aromatic rings. The largest absolute Gasteiger partial charge is 0.476 e. The van der Waals surface area contributed by atoms with Crippen LogP contribution in [0.4, 0.5) is 0 Å². The van der Waals surface area contributed by atoms with Crippen molar-refractivity contribution in [1.82, 2.24) is 9.78 Å². The first-order valence-electron chi connectivity index (χ1n) is 6.85. The minimum absolute atomic E-state index is 0.242. The van der Waals surface area contributed by atoms with Crippen molar-refractivity contribution < 1.29 is 19.4 Å². The quantitative estimate of drug-likeness (QED) is 0.868. The molecule has 0 aliphatic heterocycles. The van der Waals surface area contributed by atoms with E-state index in [4.69, 9.17) is 9.84 Å². The SMILES string of the molecule is CC(C)(C)OC(=O)c1cccc(-n2nc(C(=O)O)ccc2=O)c1. The Hall–Kier alpha value is -2.96. The van der Waals surface area contributed by atoms with Crippen LogP contribution in [0.2, 0.25) is 0 Å². The second-order valence-electron chi connectivity index (χ2n) is 5.83. The summed E-state index contributed by atoms with van der Waals surface area (Å²) in [6.45, 7) is 5.24. The lowest BCUT2D eigenvalue weighted by atomic mass is 10.1. The molecule has 0 bridgehead atoms. The highest BCUT2D eigenvalue weighted by molar-refractivity contribution is 5.90. The molecule has 23 heavy (non-hydrogen) atoms. The van der Waals surface area contributed by atoms with Gasteiger partial charge in [-0.3, -0.25) is 4.79 Å². The number of rotatable bonds is 3. The molecule has 0 fully saturated rings. The first-order valence-corrected chi connectivity index (χ1v) is 6.85. The van der Waals surface area contributed by atoms with E-state index in [9.17, 15) is 14.4 Å². The maximum Gasteiger partial charge on any atom is 0.356 e. The molecule has 0 unspecified atom stereocenters. The highest BCUT2D eigenvalue weighted by Gasteiger charge is 2.18. The number of aromatic nitrogens is 2. The van der Waals surface area contributed by atoms with Crippen molar-refractivity contribution in [3.8, 4) is 5.69 Å². The van der Waals surface area contributed by atoms with E-state index in [1.165, 1.54) is 6.07 Å². The van der Waals surface area contributed by atoms with E-state index in [0.717, 1.165) is 16.8 Å². The molecule has 2 rings (SSSR count). The summed E-state index contributed by atoms with van der Waals surface area (Å²) in [5.74, 6) is -1.79. The van der Waals surface area contributed by atoms with Gasteiger partial charge in [0.2, 0.25) is 0 Å². The first kappa shape index (κ1) is 16.4. The van der Waals surface area contributed by atoms with Gasteiger partial charge < -0.3 is 9.84 Å². The Morgan fingerprint density at radius 1 is 1.17 bits per heavy atom. The first-order chi connectivity index (χ1) is 10.7. The van der Waals surface area contributed by atoms with E-state index in [1.807, 2.05) is 0 Å². The van der Waals surface area contributed by atoms with Crippen LogP contribution in [-0.4, -0.2) is 32.4 Å². The minimum Gasteiger partial charge on any atom is -0.476 e. The number of carboxylic acids is 1. The minimum atomic E-state index is -1.25. The maximum atomic E-state index is 12.1. The van der Waals surface area contributed by atoms with Crippen LogP contribution < -0.4 is 5.56 Å². The van der Waals surface area contributed by atoms with Crippen LogP contribution >= 0.6 is 0 Å². The Kier molecular flexibility index (Phi) is 4.31. The van der Waals surface area contributed by atoms with Gasteiger partial charge in [0.15, 0.2) is 5.69 Å². The highest BCUT2D eigenvalue weighted by atomic mass is 16.6. The highest BCUT2D eigenvalue weighted by Crippen LogP contribution is 2.14. The predicted octanol–water partition coefficient (Wildman–Crippen LogP) is 1.89. The second kappa shape index (κ2) is 6.04. The van der Waals surface area contributed by atoms with Gasteiger partial charge in [-0.25, -0.2) is 9.59 Å². The summed E-state index contributed by atoms with van der Waals surface area (Å²) in [5, 5.41) is 12.7. The van der Waals surface area contributed by atoms with Crippen LogP contribution in [0.25, 0.3) is 5.69 Å². The van der Waals surface area contributed by atoms with Gasteiger partial charge in [0.05, 0.1) is 11.3 Å². The van der Waals surface area contributed by atoms with E-state index in [2.05, 4.69) is 5.10 Å². The van der Waals surface area contributed by atoms with Crippen molar-refractivity contribution in [2.24, 2.45) is 0 Å². The number of carbonyl (C=O) groups is 2. The number of esters is 1. The molecule has 1 N–H and O–H groups in total. The fourth-order valence-corrected chi connectivity index (χ4v) is 1.81. The molecule has 0 aliphatic carbocycles. The Labute approximate surface area is 132 Å². The summed E-state index contributed by atoms with van der Waals surface area (Å²) in [5.41, 5.74) is -0.900. The molecule has 7 heteroatoms. The second-order valence-corrected chi connectivity index (χ2v) is 5.83. The maximum absolute atomic E-state index is 12.1. The van der Waals surface area contributed by atoms with Crippen LogP contribution in [0.5, 0.6) is 0 Å². The van der Waals surface area contributed by atoms with Crippen LogP contribution in [0.15, 0.2) is 41.2 Å². The van der Waals surface area contributed by atoms with Crippen LogP contribution in [-0.2, 0) is 4.74 Å². The van der Waals surface area contributed by atoms with Gasteiger partial charge in [0, 0.05) is 6.07 Å². The van der Waals surface area contributed by atoms with Gasteiger partial charge in [0.25, 0.3) is 5.56 Å². The lowest BCUT2D eigenvalue weighted by molar-refractivity contribution is 0.00692. The van der Waals surface area contributed by atoms with Gasteiger partial charge in [-0.2, -0.15) is 9.78 Å². The monoisotopic (exact) mass is 316 g/mol. The van der Waals surface area contributed by atoms with Gasteiger partial charge >= 0.3 is 11.9 Å². The molecule has 1 heterocycles. The number of hydrogen-bond acceptors (Lipinski definition) is 5. The third-order valence-corrected chi connectivity index (χ3v) is 2.74. The third kappa shape index (κ3) is 4.03. The predicted molar refractivity (Wildman–Crippen MR) is 82.0 cm³/mol. The van der Waals surface area contributed by atoms with Crippen molar-refractivity contribution in [2.45, 2.75) is 26.4 Å². The number of carboxylic acid groups (broad SMARTS) is 1. The number of aromatic carboxylic acids is 1. The normalized spacial score (nSPS) is 11.1. The molecular weight excluding hydrogens is 300 g/mol. The summed E-state index contributed by atoms with van der Waals surface area (Å²) < 4.78 is 6.19. The molecule has 0 atom stereocenters. The fourth-order valence-electron chi connectivity index (χ4n) is 1.81. The standard InChI is InChI=1S/C16H16N2O5/c1-16(2,3)23-15(22)10-5-4-6-11(9-10)18-13(19)8-7-12(17-18)14(20)21/h4-9H,1-3H3,(H,20,21). The molecule has 0 spiro atoms. The van der Waals surface area contributed by atoms with Crippen molar-refractivity contribution >= 4 is 11.9 Å². The molecule has 0 saturated heterocycles. The molecule has 0 amide bonds. The summed E-state index contributed by atoms with van der Waals surface area (Å²) >= 11 is 0. The Balaban J connectivity index is 2.45. The number of nitrogens with zero attached hydrogens (tertiary/aromatic N) is 2. The molecule has 1 aromatic carbocycles. The molecule has 7 nitrogen and oxygen atoms in total. The van der Waals surface area contributed by atoms with Gasteiger partial charge in [-0.15, -0.1) is 0 Å². The third-order valence-electron chi connectivity index (χ3n) is 2.74.